The van der Waals surface area contributed by atoms with Crippen molar-refractivity contribution in [1.29, 1.82) is 0 Å². The summed E-state index contributed by atoms with van der Waals surface area (Å²) in [6, 6.07) is 13.9. The van der Waals surface area contributed by atoms with E-state index in [4.69, 9.17) is 5.73 Å². The van der Waals surface area contributed by atoms with Crippen LogP contribution >= 0.6 is 0 Å². The SMILES string of the molecule is Cc1ccccc1S(=O)(=O)NC(=O)N[C@@H](CCc1cc(F)cc(F)c1)c1ncccc1-c1ccc(F)c(C(N)=O)c1. The molecule has 1 aromatic heterocycles. The van der Waals surface area contributed by atoms with Crippen LogP contribution in [-0.2, 0) is 16.4 Å². The highest BCUT2D eigenvalue weighted by molar-refractivity contribution is 7.90. The van der Waals surface area contributed by atoms with Gasteiger partial charge in [-0.15, -0.1) is 0 Å². The Morgan fingerprint density at radius 2 is 1.66 bits per heavy atom. The molecule has 0 saturated carbocycles. The highest BCUT2D eigenvalue weighted by Gasteiger charge is 2.25. The van der Waals surface area contributed by atoms with Crippen LogP contribution in [0.2, 0.25) is 0 Å². The molecule has 212 valence electrons. The monoisotopic (exact) mass is 582 g/mol. The van der Waals surface area contributed by atoms with E-state index >= 15 is 0 Å². The molecule has 0 saturated heterocycles. The Balaban J connectivity index is 1.70. The normalized spacial score (nSPS) is 12.0. The van der Waals surface area contributed by atoms with Crippen LogP contribution in [0, 0.1) is 24.4 Å². The molecule has 0 fully saturated rings. The largest absolute Gasteiger partial charge is 0.366 e. The molecule has 12 heteroatoms. The summed E-state index contributed by atoms with van der Waals surface area (Å²) in [7, 11) is -4.25. The number of pyridine rings is 1. The lowest BCUT2D eigenvalue weighted by molar-refractivity contribution is 0.0996. The average Bonchev–Trinajstić information content (AvgIpc) is 2.90. The van der Waals surface area contributed by atoms with E-state index in [1.54, 1.807) is 31.2 Å². The first-order chi connectivity index (χ1) is 19.4. The van der Waals surface area contributed by atoms with Crippen LogP contribution in [0.4, 0.5) is 18.0 Å². The summed E-state index contributed by atoms with van der Waals surface area (Å²) in [5, 5.41) is 2.59. The van der Waals surface area contributed by atoms with E-state index in [1.165, 1.54) is 30.5 Å². The number of hydrogen-bond acceptors (Lipinski definition) is 5. The van der Waals surface area contributed by atoms with Crippen LogP contribution in [0.25, 0.3) is 11.1 Å². The number of carbonyl (C=O) groups is 2. The molecule has 4 aromatic rings. The summed E-state index contributed by atoms with van der Waals surface area (Å²) >= 11 is 0. The number of amides is 3. The van der Waals surface area contributed by atoms with Gasteiger partial charge in [-0.2, -0.15) is 0 Å². The number of nitrogens with two attached hydrogens (primary N) is 1. The number of carbonyl (C=O) groups excluding carboxylic acids is 2. The Morgan fingerprint density at radius 3 is 2.34 bits per heavy atom. The molecule has 41 heavy (non-hydrogen) atoms. The van der Waals surface area contributed by atoms with Crippen LogP contribution in [0.15, 0.2) is 83.9 Å². The number of halogens is 3. The maximum absolute atomic E-state index is 14.2. The first-order valence-electron chi connectivity index (χ1n) is 12.3. The molecule has 0 unspecified atom stereocenters. The summed E-state index contributed by atoms with van der Waals surface area (Å²) in [6.07, 6.45) is 1.53. The predicted molar refractivity (Wildman–Crippen MR) is 146 cm³/mol. The summed E-state index contributed by atoms with van der Waals surface area (Å²) in [4.78, 5) is 29.0. The van der Waals surface area contributed by atoms with Gasteiger partial charge in [-0.3, -0.25) is 9.78 Å². The Kier molecular flexibility index (Phi) is 8.72. The number of nitrogens with one attached hydrogen (secondary N) is 2. The predicted octanol–water partition coefficient (Wildman–Crippen LogP) is 4.94. The van der Waals surface area contributed by atoms with Gasteiger partial charge in [0.1, 0.15) is 17.5 Å². The zero-order valence-corrected chi connectivity index (χ0v) is 22.5. The lowest BCUT2D eigenvalue weighted by Crippen LogP contribution is -2.41. The molecular formula is C29H25F3N4O4S. The number of urea groups is 1. The fraction of sp³-hybridized carbons (Fsp3) is 0.138. The molecule has 8 nitrogen and oxygen atoms in total. The third-order valence-electron chi connectivity index (χ3n) is 6.27. The molecule has 4 N–H and O–H groups in total. The van der Waals surface area contributed by atoms with Crippen molar-refractivity contribution in [3.8, 4) is 11.1 Å². The van der Waals surface area contributed by atoms with Gasteiger partial charge in [-0.1, -0.05) is 30.3 Å². The van der Waals surface area contributed by atoms with Crippen LogP contribution in [0.3, 0.4) is 0 Å². The van der Waals surface area contributed by atoms with Crippen molar-refractivity contribution in [1.82, 2.24) is 15.0 Å². The Hall–Kier alpha value is -4.71. The smallest absolute Gasteiger partial charge is 0.329 e. The van der Waals surface area contributed by atoms with Gasteiger partial charge < -0.3 is 11.1 Å². The second kappa shape index (κ2) is 12.2. The zero-order chi connectivity index (χ0) is 29.7. The highest BCUT2D eigenvalue weighted by atomic mass is 32.2. The quantitative estimate of drug-likeness (QED) is 0.257. The summed E-state index contributed by atoms with van der Waals surface area (Å²) in [5.74, 6) is -3.38. The molecule has 1 heterocycles. The van der Waals surface area contributed by atoms with E-state index < -0.39 is 45.5 Å². The molecule has 0 aliphatic heterocycles. The number of rotatable bonds is 9. The van der Waals surface area contributed by atoms with Crippen LogP contribution in [0.1, 0.15) is 39.6 Å². The Labute approximate surface area is 234 Å². The van der Waals surface area contributed by atoms with Crippen molar-refractivity contribution in [3.63, 3.8) is 0 Å². The number of nitrogens with zero attached hydrogens (tertiary/aromatic N) is 1. The van der Waals surface area contributed by atoms with Crippen molar-refractivity contribution in [2.75, 3.05) is 0 Å². The lowest BCUT2D eigenvalue weighted by Gasteiger charge is -2.22. The molecular weight excluding hydrogens is 557 g/mol. The van der Waals surface area contributed by atoms with Gasteiger partial charge in [0.05, 0.1) is 22.2 Å². The fourth-order valence-corrected chi connectivity index (χ4v) is 5.55. The van der Waals surface area contributed by atoms with Gasteiger partial charge in [0.25, 0.3) is 15.9 Å². The molecule has 3 amide bonds. The van der Waals surface area contributed by atoms with Crippen LogP contribution in [-0.4, -0.2) is 25.3 Å². The topological polar surface area (TPSA) is 131 Å². The Bertz CT molecular complexity index is 1710. The standard InChI is InChI=1S/C29H25F3N4O4S/c1-17-5-2-3-7-26(17)41(39,40)36-29(38)35-25(11-8-18-13-20(30)16-21(31)14-18)27-22(6-4-12-34-27)19-9-10-24(32)23(15-19)28(33)37/h2-7,9-10,12-16,25H,8,11H2,1H3,(H2,33,37)(H2,35,36,38)/t25-/m0/s1. The molecule has 3 aromatic carbocycles. The molecule has 0 bridgehead atoms. The fourth-order valence-electron chi connectivity index (χ4n) is 4.39. The minimum Gasteiger partial charge on any atom is -0.366 e. The third-order valence-corrected chi connectivity index (χ3v) is 7.76. The third kappa shape index (κ3) is 7.09. The first kappa shape index (κ1) is 29.3. The lowest BCUT2D eigenvalue weighted by atomic mass is 9.94. The summed E-state index contributed by atoms with van der Waals surface area (Å²) in [5.41, 5.74) is 6.61. The van der Waals surface area contributed by atoms with Crippen molar-refractivity contribution < 1.29 is 31.2 Å². The number of aromatic nitrogens is 1. The van der Waals surface area contributed by atoms with Crippen molar-refractivity contribution in [2.24, 2.45) is 5.73 Å². The van der Waals surface area contributed by atoms with Gasteiger partial charge in [0.15, 0.2) is 0 Å². The Morgan fingerprint density at radius 1 is 0.951 bits per heavy atom. The molecule has 0 radical (unpaired) electrons. The number of hydrogen-bond donors (Lipinski definition) is 3. The maximum Gasteiger partial charge on any atom is 0.329 e. The van der Waals surface area contributed by atoms with Crippen molar-refractivity contribution >= 4 is 22.0 Å². The van der Waals surface area contributed by atoms with Gasteiger partial charge in [0, 0.05) is 17.8 Å². The zero-order valence-electron chi connectivity index (χ0n) is 21.7. The van der Waals surface area contributed by atoms with E-state index in [-0.39, 0.29) is 34.6 Å². The van der Waals surface area contributed by atoms with Crippen LogP contribution < -0.4 is 15.8 Å². The second-order valence-electron chi connectivity index (χ2n) is 9.21. The molecule has 1 atom stereocenters. The maximum atomic E-state index is 14.2. The van der Waals surface area contributed by atoms with E-state index in [1.807, 2.05) is 4.72 Å². The second-order valence-corrected chi connectivity index (χ2v) is 10.9. The van der Waals surface area contributed by atoms with Gasteiger partial charge in [-0.25, -0.2) is 31.1 Å². The number of sulfonamides is 1. The van der Waals surface area contributed by atoms with Crippen molar-refractivity contribution in [2.45, 2.75) is 30.7 Å². The number of benzene rings is 3. The number of aryl methyl sites for hydroxylation is 2. The highest BCUT2D eigenvalue weighted by Crippen LogP contribution is 2.30. The first-order valence-corrected chi connectivity index (χ1v) is 13.8. The van der Waals surface area contributed by atoms with E-state index in [0.717, 1.165) is 24.3 Å². The summed E-state index contributed by atoms with van der Waals surface area (Å²) < 4.78 is 69.6. The average molecular weight is 583 g/mol. The molecule has 0 spiro atoms. The molecule has 4 rings (SSSR count). The van der Waals surface area contributed by atoms with Gasteiger partial charge in [0.2, 0.25) is 0 Å². The van der Waals surface area contributed by atoms with E-state index in [2.05, 4.69) is 10.3 Å². The van der Waals surface area contributed by atoms with Gasteiger partial charge >= 0.3 is 6.03 Å². The molecule has 0 aliphatic rings. The summed E-state index contributed by atoms with van der Waals surface area (Å²) in [6.45, 7) is 1.58. The minimum absolute atomic E-state index is 0.0363. The van der Waals surface area contributed by atoms with Crippen LogP contribution in [0.5, 0.6) is 0 Å². The number of primary amides is 1. The minimum atomic E-state index is -4.25. The van der Waals surface area contributed by atoms with E-state index in [0.29, 0.717) is 16.7 Å². The van der Waals surface area contributed by atoms with E-state index in [9.17, 15) is 31.2 Å². The van der Waals surface area contributed by atoms with Crippen molar-refractivity contribution in [3.05, 3.63) is 119 Å². The van der Waals surface area contributed by atoms with Gasteiger partial charge in [-0.05, 0) is 72.9 Å². The molecule has 0 aliphatic carbocycles.